The summed E-state index contributed by atoms with van der Waals surface area (Å²) in [6.45, 7) is 2.22. The van der Waals surface area contributed by atoms with Crippen molar-refractivity contribution in [1.29, 1.82) is 0 Å². The highest BCUT2D eigenvalue weighted by Gasteiger charge is 2.25. The summed E-state index contributed by atoms with van der Waals surface area (Å²) in [6, 6.07) is 10.2. The Morgan fingerprint density at radius 1 is 1.07 bits per heavy atom. The number of ether oxygens (including phenoxy) is 1. The zero-order valence-corrected chi connectivity index (χ0v) is 15.6. The van der Waals surface area contributed by atoms with E-state index in [-0.39, 0.29) is 0 Å². The van der Waals surface area contributed by atoms with E-state index >= 15 is 0 Å². The smallest absolute Gasteiger partial charge is 0.154 e. The average Bonchev–Trinajstić information content (AvgIpc) is 3.33. The molecule has 1 saturated heterocycles. The van der Waals surface area contributed by atoms with E-state index < -0.39 is 0 Å². The number of fused-ring (bicyclic) bond motifs is 3. The highest BCUT2D eigenvalue weighted by atomic mass is 16.5. The minimum absolute atomic E-state index is 0.459. The molecular formula is C21H23N5O. The highest BCUT2D eigenvalue weighted by Crippen LogP contribution is 2.34. The van der Waals surface area contributed by atoms with Gasteiger partial charge in [-0.2, -0.15) is 0 Å². The van der Waals surface area contributed by atoms with Gasteiger partial charge in [0.25, 0.3) is 0 Å². The van der Waals surface area contributed by atoms with Crippen LogP contribution in [0.4, 0.5) is 0 Å². The third kappa shape index (κ3) is 2.68. The fraction of sp³-hybridized carbons (Fsp3) is 0.333. The minimum atomic E-state index is 0.459. The monoisotopic (exact) mass is 361 g/mol. The Morgan fingerprint density at radius 2 is 1.85 bits per heavy atom. The first-order valence-electron chi connectivity index (χ1n) is 9.42. The van der Waals surface area contributed by atoms with Gasteiger partial charge in [-0.15, -0.1) is 0 Å². The molecule has 0 unspecified atom stereocenters. The number of nitrogens with one attached hydrogen (secondary N) is 1. The lowest BCUT2D eigenvalue weighted by Crippen LogP contribution is -2.30. The molecule has 1 fully saturated rings. The quantitative estimate of drug-likeness (QED) is 0.604. The van der Waals surface area contributed by atoms with Gasteiger partial charge in [0.2, 0.25) is 0 Å². The number of aromatic nitrogens is 4. The molecule has 27 heavy (non-hydrogen) atoms. The van der Waals surface area contributed by atoms with Crippen molar-refractivity contribution in [2.75, 3.05) is 27.2 Å². The normalized spacial score (nSPS) is 16.4. The molecule has 1 aliphatic heterocycles. The largest absolute Gasteiger partial charge is 0.497 e. The molecule has 138 valence electrons. The van der Waals surface area contributed by atoms with Gasteiger partial charge in [0.05, 0.1) is 30.0 Å². The van der Waals surface area contributed by atoms with Crippen LogP contribution in [0.5, 0.6) is 5.75 Å². The number of methoxy groups -OCH3 is 1. The molecule has 0 spiro atoms. The number of hydrogen-bond donors (Lipinski definition) is 1. The highest BCUT2D eigenvalue weighted by molar-refractivity contribution is 5.84. The van der Waals surface area contributed by atoms with Gasteiger partial charge in [0.1, 0.15) is 11.6 Å². The van der Waals surface area contributed by atoms with Gasteiger partial charge < -0.3 is 14.6 Å². The third-order valence-electron chi connectivity index (χ3n) is 5.65. The number of H-pyrrole nitrogens is 1. The standard InChI is InChI=1S/C21H23N5O/c1-25-11-8-15(9-12-25)21-24-19(14-3-5-16(27-2)6-4-14)18-13-23-20-17(26(18)21)7-10-22-20/h3-7,10,13,15,22H,8-9,11-12H2,1-2H3. The fourth-order valence-electron chi connectivity index (χ4n) is 4.09. The number of imidazole rings is 1. The molecule has 3 aromatic heterocycles. The lowest BCUT2D eigenvalue weighted by molar-refractivity contribution is 0.251. The Kier molecular flexibility index (Phi) is 3.86. The molecule has 0 amide bonds. The van der Waals surface area contributed by atoms with Crippen molar-refractivity contribution in [1.82, 2.24) is 24.3 Å². The fourth-order valence-corrected chi connectivity index (χ4v) is 4.09. The first-order valence-corrected chi connectivity index (χ1v) is 9.42. The number of rotatable bonds is 3. The van der Waals surface area contributed by atoms with Crippen molar-refractivity contribution in [3.63, 3.8) is 0 Å². The van der Waals surface area contributed by atoms with Crippen molar-refractivity contribution >= 4 is 16.7 Å². The molecule has 1 aliphatic rings. The lowest BCUT2D eigenvalue weighted by atomic mass is 9.96. The molecule has 6 nitrogen and oxygen atoms in total. The number of likely N-dealkylation sites (tertiary alicyclic amines) is 1. The molecule has 4 heterocycles. The van der Waals surface area contributed by atoms with Crippen LogP contribution >= 0.6 is 0 Å². The molecule has 1 N–H and O–H groups in total. The van der Waals surface area contributed by atoms with Crippen LogP contribution in [0, 0.1) is 0 Å². The molecule has 0 radical (unpaired) electrons. The van der Waals surface area contributed by atoms with Gasteiger partial charge >= 0.3 is 0 Å². The number of piperidine rings is 1. The Morgan fingerprint density at radius 3 is 2.59 bits per heavy atom. The van der Waals surface area contributed by atoms with Crippen LogP contribution < -0.4 is 4.74 Å². The topological polar surface area (TPSA) is 58.4 Å². The number of hydrogen-bond acceptors (Lipinski definition) is 4. The Balaban J connectivity index is 1.71. The summed E-state index contributed by atoms with van der Waals surface area (Å²) in [5.74, 6) is 2.46. The molecular weight excluding hydrogens is 338 g/mol. The minimum Gasteiger partial charge on any atom is -0.497 e. The van der Waals surface area contributed by atoms with Crippen LogP contribution in [0.25, 0.3) is 27.9 Å². The summed E-state index contributed by atoms with van der Waals surface area (Å²) < 4.78 is 7.60. The summed E-state index contributed by atoms with van der Waals surface area (Å²) >= 11 is 0. The maximum Gasteiger partial charge on any atom is 0.154 e. The predicted octanol–water partition coefficient (Wildman–Crippen LogP) is 3.70. The summed E-state index contributed by atoms with van der Waals surface area (Å²) in [6.07, 6.45) is 6.14. The molecule has 0 bridgehead atoms. The summed E-state index contributed by atoms with van der Waals surface area (Å²) in [4.78, 5) is 15.4. The Hall–Kier alpha value is -2.86. The van der Waals surface area contributed by atoms with Crippen molar-refractivity contribution in [2.45, 2.75) is 18.8 Å². The first-order chi connectivity index (χ1) is 13.2. The van der Waals surface area contributed by atoms with Crippen molar-refractivity contribution < 1.29 is 4.74 Å². The van der Waals surface area contributed by atoms with Crippen molar-refractivity contribution in [3.05, 3.63) is 48.5 Å². The van der Waals surface area contributed by atoms with Crippen molar-refractivity contribution in [2.24, 2.45) is 0 Å². The lowest BCUT2D eigenvalue weighted by Gasteiger charge is -2.28. The van der Waals surface area contributed by atoms with E-state index in [1.165, 1.54) is 0 Å². The van der Waals surface area contributed by atoms with Gasteiger partial charge in [0, 0.05) is 17.7 Å². The van der Waals surface area contributed by atoms with Gasteiger partial charge in [-0.3, -0.25) is 4.40 Å². The molecule has 1 aromatic carbocycles. The van der Waals surface area contributed by atoms with Crippen LogP contribution in [0.15, 0.2) is 42.7 Å². The van der Waals surface area contributed by atoms with Crippen LogP contribution in [0.1, 0.15) is 24.6 Å². The molecule has 0 aliphatic carbocycles. The van der Waals surface area contributed by atoms with Crippen molar-refractivity contribution in [3.8, 4) is 17.0 Å². The maximum absolute atomic E-state index is 5.30. The van der Waals surface area contributed by atoms with Crippen LogP contribution in [0.3, 0.4) is 0 Å². The van der Waals surface area contributed by atoms with Crippen LogP contribution in [-0.4, -0.2) is 51.5 Å². The maximum atomic E-state index is 5.30. The molecule has 4 aromatic rings. The third-order valence-corrected chi connectivity index (χ3v) is 5.65. The zero-order valence-electron chi connectivity index (χ0n) is 15.6. The first kappa shape index (κ1) is 16.3. The van der Waals surface area contributed by atoms with E-state index in [2.05, 4.69) is 44.5 Å². The molecule has 6 heteroatoms. The van der Waals surface area contributed by atoms with E-state index in [4.69, 9.17) is 9.72 Å². The van der Waals surface area contributed by atoms with E-state index in [0.717, 1.165) is 65.4 Å². The van der Waals surface area contributed by atoms with E-state index in [0.29, 0.717) is 5.92 Å². The second-order valence-corrected chi connectivity index (χ2v) is 7.32. The van der Waals surface area contributed by atoms with Crippen LogP contribution in [-0.2, 0) is 0 Å². The van der Waals surface area contributed by atoms with Crippen LogP contribution in [0.2, 0.25) is 0 Å². The predicted molar refractivity (Wildman–Crippen MR) is 106 cm³/mol. The van der Waals surface area contributed by atoms with Gasteiger partial charge in [0.15, 0.2) is 5.65 Å². The van der Waals surface area contributed by atoms with E-state index in [1.807, 2.05) is 24.5 Å². The number of aromatic amines is 1. The average molecular weight is 361 g/mol. The van der Waals surface area contributed by atoms with Gasteiger partial charge in [-0.25, -0.2) is 9.97 Å². The molecule has 5 rings (SSSR count). The summed E-state index contributed by atoms with van der Waals surface area (Å²) in [5, 5.41) is 0. The summed E-state index contributed by atoms with van der Waals surface area (Å²) in [7, 11) is 3.88. The molecule has 0 atom stereocenters. The SMILES string of the molecule is COc1ccc(-c2nc(C3CCN(C)CC3)n3c2cnc2[nH]ccc23)cc1. The molecule has 0 saturated carbocycles. The van der Waals surface area contributed by atoms with Gasteiger partial charge in [-0.05, 0) is 63.3 Å². The summed E-state index contributed by atoms with van der Waals surface area (Å²) in [5.41, 5.74) is 5.12. The van der Waals surface area contributed by atoms with E-state index in [9.17, 15) is 0 Å². The van der Waals surface area contributed by atoms with Gasteiger partial charge in [-0.1, -0.05) is 0 Å². The number of nitrogens with zero attached hydrogens (tertiary/aromatic N) is 4. The zero-order chi connectivity index (χ0) is 18.4. The Bertz CT molecular complexity index is 1090. The number of benzene rings is 1. The second-order valence-electron chi connectivity index (χ2n) is 7.32. The second kappa shape index (κ2) is 6.39. The van der Waals surface area contributed by atoms with E-state index in [1.54, 1.807) is 7.11 Å². The Labute approximate surface area is 157 Å².